The number of rotatable bonds is 6. The van der Waals surface area contributed by atoms with E-state index >= 15 is 0 Å². The lowest BCUT2D eigenvalue weighted by Gasteiger charge is -2.07. The Balaban J connectivity index is 1.60. The van der Waals surface area contributed by atoms with Crippen molar-refractivity contribution in [3.63, 3.8) is 0 Å². The molecule has 1 heterocycles. The van der Waals surface area contributed by atoms with Crippen molar-refractivity contribution in [2.75, 3.05) is 0 Å². The van der Waals surface area contributed by atoms with Gasteiger partial charge in [-0.1, -0.05) is 19.1 Å². The maximum absolute atomic E-state index is 12.9. The zero-order chi connectivity index (χ0) is 17.6. The molecule has 0 aliphatic rings. The van der Waals surface area contributed by atoms with Crippen LogP contribution in [0, 0.1) is 5.82 Å². The van der Waals surface area contributed by atoms with Crippen LogP contribution in [0.15, 0.2) is 59.5 Å². The molecule has 3 rings (SSSR count). The van der Waals surface area contributed by atoms with E-state index in [4.69, 9.17) is 4.74 Å². The molecule has 25 heavy (non-hydrogen) atoms. The minimum absolute atomic E-state index is 0.0597. The number of hydrogen-bond acceptors (Lipinski definition) is 3. The summed E-state index contributed by atoms with van der Waals surface area (Å²) in [7, 11) is 0. The third kappa shape index (κ3) is 4.53. The molecule has 0 saturated carbocycles. The molecule has 0 amide bonds. The lowest BCUT2D eigenvalue weighted by Crippen LogP contribution is -2.16. The maximum Gasteiger partial charge on any atom is 0.254 e. The highest BCUT2D eigenvalue weighted by Crippen LogP contribution is 2.22. The molecular weight excluding hydrogens is 319 g/mol. The summed E-state index contributed by atoms with van der Waals surface area (Å²) in [6, 6.07) is 13.6. The average Bonchev–Trinajstić information content (AvgIpc) is 2.63. The summed E-state index contributed by atoms with van der Waals surface area (Å²) in [4.78, 5) is 18.9. The van der Waals surface area contributed by atoms with E-state index in [1.54, 1.807) is 18.3 Å². The molecule has 0 bridgehead atoms. The predicted molar refractivity (Wildman–Crippen MR) is 94.6 cm³/mol. The van der Waals surface area contributed by atoms with Gasteiger partial charge in [0, 0.05) is 18.2 Å². The Bertz CT molecular complexity index is 887. The zero-order valence-corrected chi connectivity index (χ0v) is 14.0. The van der Waals surface area contributed by atoms with Crippen LogP contribution in [0.3, 0.4) is 0 Å². The van der Waals surface area contributed by atoms with Crippen LogP contribution in [0.4, 0.5) is 4.39 Å². The Hall–Kier alpha value is -2.95. The van der Waals surface area contributed by atoms with Crippen LogP contribution in [0.25, 0.3) is 0 Å². The fraction of sp³-hybridized carbons (Fsp3) is 0.200. The topological polar surface area (TPSA) is 55.0 Å². The minimum Gasteiger partial charge on any atom is -0.457 e. The number of nitrogens with zero attached hydrogens (tertiary/aromatic N) is 1. The predicted octanol–water partition coefficient (Wildman–Crippen LogP) is 4.05. The summed E-state index contributed by atoms with van der Waals surface area (Å²) >= 11 is 0. The number of aromatic nitrogens is 2. The fourth-order valence-corrected chi connectivity index (χ4v) is 2.46. The molecule has 1 N–H and O–H groups in total. The monoisotopic (exact) mass is 338 g/mol. The van der Waals surface area contributed by atoms with Gasteiger partial charge in [0.2, 0.25) is 0 Å². The summed E-state index contributed by atoms with van der Waals surface area (Å²) in [6.07, 6.45) is 3.76. The quantitative estimate of drug-likeness (QED) is 0.738. The molecule has 2 aromatic carbocycles. The summed E-state index contributed by atoms with van der Waals surface area (Å²) < 4.78 is 18.6. The highest BCUT2D eigenvalue weighted by molar-refractivity contribution is 5.33. The van der Waals surface area contributed by atoms with Crippen LogP contribution in [-0.4, -0.2) is 9.97 Å². The molecule has 1 aromatic heterocycles. The summed E-state index contributed by atoms with van der Waals surface area (Å²) in [5.41, 5.74) is 1.76. The van der Waals surface area contributed by atoms with Crippen molar-refractivity contribution in [2.45, 2.75) is 26.2 Å². The molecule has 0 aliphatic heterocycles. The summed E-state index contributed by atoms with van der Waals surface area (Å²) in [5.74, 6) is 1.68. The second-order valence-electron chi connectivity index (χ2n) is 5.74. The van der Waals surface area contributed by atoms with E-state index in [2.05, 4.69) is 9.97 Å². The second-order valence-corrected chi connectivity index (χ2v) is 5.74. The Morgan fingerprint density at radius 2 is 1.64 bits per heavy atom. The molecule has 4 nitrogen and oxygen atoms in total. The van der Waals surface area contributed by atoms with E-state index in [0.29, 0.717) is 35.7 Å². The van der Waals surface area contributed by atoms with Crippen molar-refractivity contribution in [3.05, 3.63) is 87.9 Å². The number of benzene rings is 2. The Morgan fingerprint density at radius 1 is 1.00 bits per heavy atom. The van der Waals surface area contributed by atoms with Gasteiger partial charge in [-0.05, 0) is 54.8 Å². The Kier molecular flexibility index (Phi) is 5.23. The van der Waals surface area contributed by atoms with Gasteiger partial charge in [-0.2, -0.15) is 0 Å². The molecular formula is C20H19FN2O2. The van der Waals surface area contributed by atoms with Gasteiger partial charge in [0.1, 0.15) is 23.1 Å². The van der Waals surface area contributed by atoms with Crippen molar-refractivity contribution in [3.8, 4) is 11.5 Å². The molecule has 0 unspecified atom stereocenters. The Labute approximate surface area is 145 Å². The van der Waals surface area contributed by atoms with Crippen molar-refractivity contribution < 1.29 is 9.13 Å². The van der Waals surface area contributed by atoms with Gasteiger partial charge >= 0.3 is 0 Å². The molecule has 5 heteroatoms. The van der Waals surface area contributed by atoms with Crippen LogP contribution in [0.1, 0.15) is 23.9 Å². The van der Waals surface area contributed by atoms with Gasteiger partial charge in [0.15, 0.2) is 0 Å². The number of aryl methyl sites for hydroxylation is 3. The number of H-pyrrole nitrogens is 1. The third-order valence-corrected chi connectivity index (χ3v) is 3.93. The molecule has 0 saturated heterocycles. The van der Waals surface area contributed by atoms with E-state index in [9.17, 15) is 9.18 Å². The molecule has 128 valence electrons. The van der Waals surface area contributed by atoms with Crippen molar-refractivity contribution in [1.82, 2.24) is 9.97 Å². The van der Waals surface area contributed by atoms with Crippen LogP contribution in [-0.2, 0) is 19.3 Å². The number of ether oxygens (including phenoxy) is 1. The third-order valence-electron chi connectivity index (χ3n) is 3.93. The van der Waals surface area contributed by atoms with Crippen LogP contribution >= 0.6 is 0 Å². The first kappa shape index (κ1) is 16.9. The summed E-state index contributed by atoms with van der Waals surface area (Å²) in [6.45, 7) is 1.93. The number of nitrogens with one attached hydrogen (secondary N) is 1. The molecule has 0 aliphatic carbocycles. The van der Waals surface area contributed by atoms with Crippen LogP contribution < -0.4 is 10.3 Å². The number of hydrogen-bond donors (Lipinski definition) is 1. The second kappa shape index (κ2) is 7.75. The first-order valence-electron chi connectivity index (χ1n) is 8.23. The normalized spacial score (nSPS) is 10.6. The van der Waals surface area contributed by atoms with Crippen molar-refractivity contribution >= 4 is 0 Å². The van der Waals surface area contributed by atoms with Gasteiger partial charge in [0.25, 0.3) is 5.56 Å². The van der Waals surface area contributed by atoms with Gasteiger partial charge in [0.05, 0.1) is 0 Å². The molecule has 0 atom stereocenters. The van der Waals surface area contributed by atoms with Crippen molar-refractivity contribution in [2.24, 2.45) is 0 Å². The summed E-state index contributed by atoms with van der Waals surface area (Å²) in [5, 5.41) is 0. The first-order chi connectivity index (χ1) is 12.1. The van der Waals surface area contributed by atoms with E-state index in [1.165, 1.54) is 12.1 Å². The van der Waals surface area contributed by atoms with E-state index in [-0.39, 0.29) is 11.4 Å². The van der Waals surface area contributed by atoms with E-state index in [0.717, 1.165) is 12.0 Å². The maximum atomic E-state index is 12.9. The van der Waals surface area contributed by atoms with Gasteiger partial charge in [-0.25, -0.2) is 9.37 Å². The van der Waals surface area contributed by atoms with Gasteiger partial charge < -0.3 is 9.72 Å². The van der Waals surface area contributed by atoms with Crippen LogP contribution in [0.5, 0.6) is 11.5 Å². The lowest BCUT2D eigenvalue weighted by molar-refractivity contribution is 0.480. The van der Waals surface area contributed by atoms with Gasteiger partial charge in [-0.3, -0.25) is 4.79 Å². The minimum atomic E-state index is -0.290. The van der Waals surface area contributed by atoms with E-state index in [1.807, 2.05) is 31.2 Å². The highest BCUT2D eigenvalue weighted by Gasteiger charge is 2.03. The zero-order valence-electron chi connectivity index (χ0n) is 14.0. The van der Waals surface area contributed by atoms with Gasteiger partial charge in [-0.15, -0.1) is 0 Å². The van der Waals surface area contributed by atoms with Crippen LogP contribution in [0.2, 0.25) is 0 Å². The standard InChI is InChI=1S/C20H19FN2O2/c1-2-15-13-22-19(23-20(15)24)12-5-14-3-8-17(9-4-14)25-18-10-6-16(21)7-11-18/h3-4,6-11,13H,2,5,12H2,1H3,(H,22,23,24). The molecule has 3 aromatic rings. The SMILES string of the molecule is CCc1cnc(CCc2ccc(Oc3ccc(F)cc3)cc2)[nH]c1=O. The largest absolute Gasteiger partial charge is 0.457 e. The number of aromatic amines is 1. The molecule has 0 spiro atoms. The highest BCUT2D eigenvalue weighted by atomic mass is 19.1. The first-order valence-corrected chi connectivity index (χ1v) is 8.23. The van der Waals surface area contributed by atoms with E-state index < -0.39 is 0 Å². The molecule has 0 radical (unpaired) electrons. The smallest absolute Gasteiger partial charge is 0.254 e. The average molecular weight is 338 g/mol. The Morgan fingerprint density at radius 3 is 2.24 bits per heavy atom. The number of halogens is 1. The fourth-order valence-electron chi connectivity index (χ4n) is 2.46. The molecule has 0 fully saturated rings. The lowest BCUT2D eigenvalue weighted by atomic mass is 10.1. The van der Waals surface area contributed by atoms with Crippen molar-refractivity contribution in [1.29, 1.82) is 0 Å².